The molecule has 4 nitrogen and oxygen atoms in total. The van der Waals surface area contributed by atoms with Crippen molar-refractivity contribution in [2.75, 3.05) is 11.5 Å². The summed E-state index contributed by atoms with van der Waals surface area (Å²) in [5.41, 5.74) is -0.103. The van der Waals surface area contributed by atoms with Gasteiger partial charge in [-0.15, -0.1) is 0 Å². The fourth-order valence-electron chi connectivity index (χ4n) is 3.17. The zero-order chi connectivity index (χ0) is 18.4. The van der Waals surface area contributed by atoms with Crippen LogP contribution in [-0.2, 0) is 19.3 Å². The molecule has 0 bridgehead atoms. The van der Waals surface area contributed by atoms with Gasteiger partial charge in [0, 0.05) is 0 Å². The Balaban J connectivity index is 0.000000243. The van der Waals surface area contributed by atoms with Gasteiger partial charge in [0.1, 0.15) is 0 Å². The minimum atomic E-state index is -2.75. The zero-order valence-corrected chi connectivity index (χ0v) is 17.4. The third kappa shape index (κ3) is 10.7. The van der Waals surface area contributed by atoms with Gasteiger partial charge >= 0.3 is 0 Å². The van der Waals surface area contributed by atoms with Crippen LogP contribution >= 0.6 is 0 Å². The van der Waals surface area contributed by atoms with Crippen LogP contribution in [0.4, 0.5) is 0 Å². The van der Waals surface area contributed by atoms with Crippen molar-refractivity contribution in [3.63, 3.8) is 0 Å². The van der Waals surface area contributed by atoms with E-state index in [1.807, 2.05) is 20.8 Å². The van der Waals surface area contributed by atoms with Crippen LogP contribution in [0.25, 0.3) is 0 Å². The first-order valence-corrected chi connectivity index (χ1v) is 11.2. The lowest BCUT2D eigenvalue weighted by Gasteiger charge is -2.30. The average Bonchev–Trinajstić information content (AvgIpc) is 2.40. The molecule has 1 saturated heterocycles. The van der Waals surface area contributed by atoms with E-state index in [1.165, 1.54) is 32.1 Å². The molecule has 1 aliphatic carbocycles. The Kier molecular flexibility index (Phi) is 8.21. The van der Waals surface area contributed by atoms with Gasteiger partial charge in [0.15, 0.2) is 9.84 Å². The monoisotopic (exact) mass is 362 g/mol. The summed E-state index contributed by atoms with van der Waals surface area (Å²) in [6.45, 7) is 12.4. The predicted octanol–water partition coefficient (Wildman–Crippen LogP) is 4.51. The fourth-order valence-corrected chi connectivity index (χ4v) is 4.62. The normalized spacial score (nSPS) is 23.4. The molecule has 24 heavy (non-hydrogen) atoms. The number of hydrogen-bond acceptors (Lipinski definition) is 4. The molecule has 0 spiro atoms. The second-order valence-electron chi connectivity index (χ2n) is 9.07. The summed E-state index contributed by atoms with van der Waals surface area (Å²) in [6.07, 6.45) is 8.66. The van der Waals surface area contributed by atoms with Crippen molar-refractivity contribution in [1.82, 2.24) is 0 Å². The van der Waals surface area contributed by atoms with Gasteiger partial charge in [-0.05, 0) is 67.2 Å². The molecule has 2 rings (SSSR count). The molecule has 0 aromatic carbocycles. The third-order valence-electron chi connectivity index (χ3n) is 4.09. The molecule has 1 heterocycles. The van der Waals surface area contributed by atoms with Crippen LogP contribution in [-0.4, -0.2) is 43.3 Å². The maximum atomic E-state index is 11.1. The Labute approximate surface area is 149 Å². The van der Waals surface area contributed by atoms with E-state index in [9.17, 15) is 8.42 Å². The van der Waals surface area contributed by atoms with E-state index >= 15 is 0 Å². The lowest BCUT2D eigenvalue weighted by molar-refractivity contribution is -0.0732. The second-order valence-corrected chi connectivity index (χ2v) is 11.4. The quantitative estimate of drug-likeness (QED) is 0.725. The van der Waals surface area contributed by atoms with E-state index in [4.69, 9.17) is 9.47 Å². The predicted molar refractivity (Wildman–Crippen MR) is 100 cm³/mol. The highest BCUT2D eigenvalue weighted by atomic mass is 32.2. The van der Waals surface area contributed by atoms with E-state index in [0.29, 0.717) is 18.9 Å². The second kappa shape index (κ2) is 9.00. The van der Waals surface area contributed by atoms with E-state index in [-0.39, 0.29) is 28.8 Å². The highest BCUT2D eigenvalue weighted by molar-refractivity contribution is 7.91. The summed E-state index contributed by atoms with van der Waals surface area (Å²) >= 11 is 0. The Hall–Kier alpha value is -0.130. The number of sulfone groups is 1. The van der Waals surface area contributed by atoms with E-state index in [0.717, 1.165) is 0 Å². The molecule has 0 aromatic heterocycles. The van der Waals surface area contributed by atoms with Gasteiger partial charge in [-0.3, -0.25) is 0 Å². The minimum absolute atomic E-state index is 0.0575. The molecule has 0 N–H and O–H groups in total. The number of rotatable bonds is 2. The smallest absolute Gasteiger partial charge is 0.150 e. The molecular weight excluding hydrogens is 324 g/mol. The van der Waals surface area contributed by atoms with Crippen LogP contribution in [0, 0.1) is 0 Å². The molecule has 0 radical (unpaired) electrons. The lowest BCUT2D eigenvalue weighted by Crippen LogP contribution is -2.34. The zero-order valence-electron chi connectivity index (χ0n) is 16.6. The van der Waals surface area contributed by atoms with Gasteiger partial charge in [-0.2, -0.15) is 0 Å². The van der Waals surface area contributed by atoms with Crippen molar-refractivity contribution in [3.05, 3.63) is 0 Å². The standard InChI is InChI=1S/C10H20O.C9H18O3S/c1-10(2,3)11-9-7-5-4-6-8-9;1-9(2,3)12-8-4-6-13(10,11)7-5-8/h9H,4-8H2,1-3H3;8H,4-7H2,1-3H3. The van der Waals surface area contributed by atoms with Crippen LogP contribution in [0.3, 0.4) is 0 Å². The van der Waals surface area contributed by atoms with Crippen molar-refractivity contribution in [2.24, 2.45) is 0 Å². The van der Waals surface area contributed by atoms with Crippen LogP contribution in [0.1, 0.15) is 86.5 Å². The first kappa shape index (κ1) is 21.9. The van der Waals surface area contributed by atoms with Crippen molar-refractivity contribution in [1.29, 1.82) is 0 Å². The molecule has 0 atom stereocenters. The number of ether oxygens (including phenoxy) is 2. The molecule has 2 aliphatic rings. The Morgan fingerprint density at radius 2 is 1.04 bits per heavy atom. The van der Waals surface area contributed by atoms with Gasteiger partial charge < -0.3 is 9.47 Å². The van der Waals surface area contributed by atoms with Gasteiger partial charge in [0.05, 0.1) is 34.9 Å². The maximum Gasteiger partial charge on any atom is 0.150 e. The van der Waals surface area contributed by atoms with Crippen LogP contribution in [0.15, 0.2) is 0 Å². The van der Waals surface area contributed by atoms with E-state index in [1.54, 1.807) is 0 Å². The SMILES string of the molecule is CC(C)(C)OC1CCCCC1.CC(C)(C)OC1CCS(=O)(=O)CC1. The molecule has 0 unspecified atom stereocenters. The average molecular weight is 363 g/mol. The van der Waals surface area contributed by atoms with Crippen LogP contribution < -0.4 is 0 Å². The molecule has 5 heteroatoms. The Bertz CT molecular complexity index is 437. The molecule has 1 aliphatic heterocycles. The highest BCUT2D eigenvalue weighted by Crippen LogP contribution is 2.24. The summed E-state index contributed by atoms with van der Waals surface area (Å²) in [5, 5.41) is 0. The lowest BCUT2D eigenvalue weighted by atomic mass is 9.97. The number of hydrogen-bond donors (Lipinski definition) is 0. The molecule has 1 saturated carbocycles. The molecule has 144 valence electrons. The van der Waals surface area contributed by atoms with Gasteiger partial charge in [-0.25, -0.2) is 8.42 Å². The molecule has 0 amide bonds. The van der Waals surface area contributed by atoms with Crippen molar-refractivity contribution in [2.45, 2.75) is 110 Å². The van der Waals surface area contributed by atoms with Crippen molar-refractivity contribution in [3.8, 4) is 0 Å². The largest absolute Gasteiger partial charge is 0.373 e. The van der Waals surface area contributed by atoms with Crippen molar-refractivity contribution < 1.29 is 17.9 Å². The first-order valence-electron chi connectivity index (χ1n) is 9.42. The highest BCUT2D eigenvalue weighted by Gasteiger charge is 2.27. The summed E-state index contributed by atoms with van der Waals surface area (Å²) in [4.78, 5) is 0. The maximum absolute atomic E-state index is 11.1. The van der Waals surface area contributed by atoms with Gasteiger partial charge in [-0.1, -0.05) is 19.3 Å². The first-order chi connectivity index (χ1) is 10.9. The minimum Gasteiger partial charge on any atom is -0.373 e. The summed E-state index contributed by atoms with van der Waals surface area (Å²) in [7, 11) is -2.75. The van der Waals surface area contributed by atoms with Crippen LogP contribution in [0.5, 0.6) is 0 Å². The molecule has 0 aromatic rings. The fraction of sp³-hybridized carbons (Fsp3) is 1.00. The van der Waals surface area contributed by atoms with E-state index in [2.05, 4.69) is 20.8 Å². The van der Waals surface area contributed by atoms with Gasteiger partial charge in [0.25, 0.3) is 0 Å². The summed E-state index contributed by atoms with van der Waals surface area (Å²) in [5.74, 6) is 0.571. The van der Waals surface area contributed by atoms with Crippen LogP contribution in [0.2, 0.25) is 0 Å². The molecular formula is C19H38O4S. The Morgan fingerprint density at radius 1 is 0.667 bits per heavy atom. The molecule has 2 fully saturated rings. The van der Waals surface area contributed by atoms with Gasteiger partial charge in [0.2, 0.25) is 0 Å². The van der Waals surface area contributed by atoms with Crippen molar-refractivity contribution >= 4 is 9.84 Å². The van der Waals surface area contributed by atoms with E-state index < -0.39 is 9.84 Å². The Morgan fingerprint density at radius 3 is 1.42 bits per heavy atom. The summed E-state index contributed by atoms with van der Waals surface area (Å²) < 4.78 is 33.8. The topological polar surface area (TPSA) is 52.6 Å². The third-order valence-corrected chi connectivity index (χ3v) is 5.81. The summed E-state index contributed by atoms with van der Waals surface area (Å²) in [6, 6.07) is 0.